The average molecular weight is 301 g/mol. The van der Waals surface area contributed by atoms with Gasteiger partial charge < -0.3 is 4.74 Å². The lowest BCUT2D eigenvalue weighted by atomic mass is 10.1. The molecule has 0 unspecified atom stereocenters. The van der Waals surface area contributed by atoms with Crippen LogP contribution in [0.3, 0.4) is 0 Å². The van der Waals surface area contributed by atoms with Crippen molar-refractivity contribution in [2.45, 2.75) is 25.4 Å². The Hall–Kier alpha value is -1.14. The molecule has 0 radical (unpaired) electrons. The summed E-state index contributed by atoms with van der Waals surface area (Å²) in [7, 11) is -3.36. The fourth-order valence-corrected chi connectivity index (χ4v) is 3.84. The fraction of sp³-hybridized carbons (Fsp3) is 0.571. The average Bonchev–Trinajstić information content (AvgIpc) is 2.47. The maximum absolute atomic E-state index is 12.1. The van der Waals surface area contributed by atoms with Crippen LogP contribution in [0.2, 0.25) is 0 Å². The van der Waals surface area contributed by atoms with Crippen molar-refractivity contribution in [3.63, 3.8) is 0 Å². The lowest BCUT2D eigenvalue weighted by molar-refractivity contribution is 0.129. The predicted molar refractivity (Wildman–Crippen MR) is 76.0 cm³/mol. The highest BCUT2D eigenvalue weighted by atomic mass is 32.2. The van der Waals surface area contributed by atoms with Gasteiger partial charge in [0.25, 0.3) is 0 Å². The Kier molecular flexibility index (Phi) is 5.37. The molecule has 1 heterocycles. The number of benzene rings is 1. The van der Waals surface area contributed by atoms with Gasteiger partial charge in [0.2, 0.25) is 10.0 Å². The van der Waals surface area contributed by atoms with Crippen LogP contribution in [0.15, 0.2) is 30.3 Å². The minimum Gasteiger partial charge on any atom is -0.489 e. The monoisotopic (exact) mass is 301 g/mol. The number of hydrogen-bond acceptors (Lipinski definition) is 3. The number of nitrogens with zero attached hydrogens (tertiary/aromatic N) is 1. The van der Waals surface area contributed by atoms with E-state index in [2.05, 4.69) is 0 Å². The fourth-order valence-electron chi connectivity index (χ4n) is 2.31. The van der Waals surface area contributed by atoms with Gasteiger partial charge in [0, 0.05) is 6.54 Å². The van der Waals surface area contributed by atoms with Gasteiger partial charge in [0.15, 0.2) is 0 Å². The minimum absolute atomic E-state index is 0.0586. The van der Waals surface area contributed by atoms with Crippen molar-refractivity contribution in [1.82, 2.24) is 4.31 Å². The van der Waals surface area contributed by atoms with Gasteiger partial charge >= 0.3 is 0 Å². The van der Waals surface area contributed by atoms with E-state index >= 15 is 0 Å². The summed E-state index contributed by atoms with van der Waals surface area (Å²) in [6.45, 7) is 0.254. The van der Waals surface area contributed by atoms with E-state index in [9.17, 15) is 12.8 Å². The predicted octanol–water partition coefficient (Wildman–Crippen LogP) is 2.22. The third kappa shape index (κ3) is 4.18. The Morgan fingerprint density at radius 2 is 2.05 bits per heavy atom. The van der Waals surface area contributed by atoms with Crippen LogP contribution in [-0.2, 0) is 10.0 Å². The number of piperidine rings is 1. The molecule has 6 heteroatoms. The van der Waals surface area contributed by atoms with E-state index in [1.807, 2.05) is 30.3 Å². The smallest absolute Gasteiger partial charge is 0.214 e. The Balaban J connectivity index is 1.95. The summed E-state index contributed by atoms with van der Waals surface area (Å²) < 4.78 is 43.5. The topological polar surface area (TPSA) is 46.6 Å². The van der Waals surface area contributed by atoms with Crippen molar-refractivity contribution >= 4 is 10.0 Å². The van der Waals surface area contributed by atoms with Crippen molar-refractivity contribution in [2.75, 3.05) is 25.5 Å². The van der Waals surface area contributed by atoms with Gasteiger partial charge in [-0.2, -0.15) is 4.31 Å². The van der Waals surface area contributed by atoms with E-state index in [1.165, 1.54) is 4.31 Å². The molecule has 0 amide bonds. The molecule has 4 nitrogen and oxygen atoms in total. The molecule has 0 bridgehead atoms. The van der Waals surface area contributed by atoms with Gasteiger partial charge in [0.1, 0.15) is 11.9 Å². The third-order valence-electron chi connectivity index (χ3n) is 3.32. The van der Waals surface area contributed by atoms with Crippen LogP contribution in [-0.4, -0.2) is 44.3 Å². The second kappa shape index (κ2) is 7.04. The number of alkyl halides is 1. The quantitative estimate of drug-likeness (QED) is 0.809. The molecule has 1 saturated heterocycles. The summed E-state index contributed by atoms with van der Waals surface area (Å²) in [5, 5.41) is 0. The number of hydrogen-bond donors (Lipinski definition) is 0. The van der Waals surface area contributed by atoms with E-state index in [0.717, 1.165) is 18.6 Å². The molecule has 0 spiro atoms. The highest BCUT2D eigenvalue weighted by molar-refractivity contribution is 7.89. The molecule has 0 saturated carbocycles. The molecule has 1 aliphatic rings. The molecule has 1 aromatic carbocycles. The Bertz CT molecular complexity index is 506. The number of rotatable bonds is 6. The van der Waals surface area contributed by atoms with Crippen LogP contribution in [0.25, 0.3) is 0 Å². The number of halogens is 1. The largest absolute Gasteiger partial charge is 0.489 e. The second-order valence-electron chi connectivity index (χ2n) is 4.91. The first-order chi connectivity index (χ1) is 9.62. The zero-order valence-electron chi connectivity index (χ0n) is 11.4. The van der Waals surface area contributed by atoms with Crippen LogP contribution in [0.4, 0.5) is 4.39 Å². The van der Waals surface area contributed by atoms with Crippen molar-refractivity contribution < 1.29 is 17.5 Å². The SMILES string of the molecule is O=S(=O)(CCCF)N1CCC[C@H](Oc2ccccc2)C1. The first kappa shape index (κ1) is 15.3. The first-order valence-electron chi connectivity index (χ1n) is 6.87. The number of para-hydroxylation sites is 1. The standard InChI is InChI=1S/C14H20FNO3S/c15-9-5-11-20(17,18)16-10-4-8-14(12-16)19-13-6-2-1-3-7-13/h1-3,6-7,14H,4-5,8-12H2/t14-/m0/s1. The summed E-state index contributed by atoms with van der Waals surface area (Å²) in [4.78, 5) is 0. The molecule has 1 aromatic rings. The van der Waals surface area contributed by atoms with E-state index in [0.29, 0.717) is 13.1 Å². The van der Waals surface area contributed by atoms with Gasteiger partial charge in [-0.3, -0.25) is 4.39 Å². The van der Waals surface area contributed by atoms with Crippen LogP contribution in [0.5, 0.6) is 5.75 Å². The lowest BCUT2D eigenvalue weighted by Gasteiger charge is -2.32. The normalized spacial score (nSPS) is 20.8. The molecule has 1 fully saturated rings. The molecule has 1 atom stereocenters. The number of ether oxygens (including phenoxy) is 1. The maximum Gasteiger partial charge on any atom is 0.214 e. The van der Waals surface area contributed by atoms with Crippen LogP contribution in [0, 0.1) is 0 Å². The molecule has 0 aliphatic carbocycles. The summed E-state index contributed by atoms with van der Waals surface area (Å²) in [6.07, 6.45) is 1.53. The third-order valence-corrected chi connectivity index (χ3v) is 5.24. The van der Waals surface area contributed by atoms with E-state index in [1.54, 1.807) is 0 Å². The minimum atomic E-state index is -3.36. The maximum atomic E-state index is 12.1. The van der Waals surface area contributed by atoms with Gasteiger partial charge in [-0.1, -0.05) is 18.2 Å². The van der Waals surface area contributed by atoms with Crippen molar-refractivity contribution in [3.05, 3.63) is 30.3 Å². The molecule has 0 N–H and O–H groups in total. The summed E-state index contributed by atoms with van der Waals surface area (Å²) in [6, 6.07) is 9.39. The molecule has 112 valence electrons. The van der Waals surface area contributed by atoms with Gasteiger partial charge in [-0.25, -0.2) is 8.42 Å². The molecular formula is C14H20FNO3S. The Morgan fingerprint density at radius 1 is 1.30 bits per heavy atom. The van der Waals surface area contributed by atoms with Crippen molar-refractivity contribution in [3.8, 4) is 5.75 Å². The Morgan fingerprint density at radius 3 is 2.75 bits per heavy atom. The van der Waals surface area contributed by atoms with Crippen molar-refractivity contribution in [1.29, 1.82) is 0 Å². The lowest BCUT2D eigenvalue weighted by Crippen LogP contribution is -2.45. The highest BCUT2D eigenvalue weighted by Crippen LogP contribution is 2.20. The van der Waals surface area contributed by atoms with Crippen molar-refractivity contribution in [2.24, 2.45) is 0 Å². The zero-order valence-corrected chi connectivity index (χ0v) is 12.2. The molecule has 20 heavy (non-hydrogen) atoms. The molecule has 1 aliphatic heterocycles. The van der Waals surface area contributed by atoms with E-state index < -0.39 is 16.7 Å². The summed E-state index contributed by atoms with van der Waals surface area (Å²) in [5.74, 6) is 0.627. The van der Waals surface area contributed by atoms with Gasteiger partial charge in [-0.15, -0.1) is 0 Å². The van der Waals surface area contributed by atoms with Gasteiger partial charge in [-0.05, 0) is 31.4 Å². The molecule has 0 aromatic heterocycles. The highest BCUT2D eigenvalue weighted by Gasteiger charge is 2.29. The number of sulfonamides is 1. The first-order valence-corrected chi connectivity index (χ1v) is 8.48. The van der Waals surface area contributed by atoms with E-state index in [4.69, 9.17) is 4.74 Å². The van der Waals surface area contributed by atoms with Crippen LogP contribution in [0.1, 0.15) is 19.3 Å². The molecular weight excluding hydrogens is 281 g/mol. The zero-order chi connectivity index (χ0) is 14.4. The summed E-state index contributed by atoms with van der Waals surface area (Å²) in [5.41, 5.74) is 0. The summed E-state index contributed by atoms with van der Waals surface area (Å²) >= 11 is 0. The van der Waals surface area contributed by atoms with Crippen LogP contribution >= 0.6 is 0 Å². The van der Waals surface area contributed by atoms with Gasteiger partial charge in [0.05, 0.1) is 19.0 Å². The van der Waals surface area contributed by atoms with E-state index in [-0.39, 0.29) is 18.3 Å². The second-order valence-corrected chi connectivity index (χ2v) is 7.00. The van der Waals surface area contributed by atoms with Crippen LogP contribution < -0.4 is 4.74 Å². The Labute approximate surface area is 119 Å². The molecule has 2 rings (SSSR count).